The second-order valence-electron chi connectivity index (χ2n) is 7.75. The summed E-state index contributed by atoms with van der Waals surface area (Å²) in [4.78, 5) is 6.75. The third-order valence-electron chi connectivity index (χ3n) is 5.89. The molecule has 1 atom stereocenters. The predicted molar refractivity (Wildman–Crippen MR) is 109 cm³/mol. The standard InChI is InChI=1S/C20H23FN6O2S/c1-12-16-23-24-17(18-22-19(25-30-18)20(21)6-7-20)27(16)9-8-26(12)11-13-4-5-14(28-2)10-15(13)29-3/h4-5,10,12H,6-9,11H2,1-3H3/t12-/m1/s1. The van der Waals surface area contributed by atoms with Gasteiger partial charge in [-0.3, -0.25) is 4.90 Å². The molecule has 3 heterocycles. The zero-order valence-corrected chi connectivity index (χ0v) is 17.9. The largest absolute Gasteiger partial charge is 0.497 e. The van der Waals surface area contributed by atoms with Crippen LogP contribution in [0.4, 0.5) is 4.39 Å². The van der Waals surface area contributed by atoms with Crippen LogP contribution in [-0.2, 0) is 18.8 Å². The van der Waals surface area contributed by atoms with Gasteiger partial charge in [-0.2, -0.15) is 4.37 Å². The normalized spacial score (nSPS) is 20.1. The van der Waals surface area contributed by atoms with Gasteiger partial charge in [-0.05, 0) is 37.4 Å². The Morgan fingerprint density at radius 1 is 1.20 bits per heavy atom. The highest BCUT2D eigenvalue weighted by molar-refractivity contribution is 7.09. The van der Waals surface area contributed by atoms with Crippen molar-refractivity contribution < 1.29 is 13.9 Å². The molecule has 0 N–H and O–H groups in total. The number of methoxy groups -OCH3 is 2. The average Bonchev–Trinajstić information content (AvgIpc) is 3.17. The predicted octanol–water partition coefficient (Wildman–Crippen LogP) is 3.35. The Bertz CT molecular complexity index is 1080. The SMILES string of the molecule is COc1ccc(CN2CCn3c(-c4nc(C5(F)CC5)ns4)nnc3[C@H]2C)c(OC)c1. The Labute approximate surface area is 177 Å². The quantitative estimate of drug-likeness (QED) is 0.593. The van der Waals surface area contributed by atoms with E-state index in [4.69, 9.17) is 9.47 Å². The molecule has 0 saturated heterocycles. The Hall–Kier alpha value is -2.59. The molecule has 0 bridgehead atoms. The molecule has 3 aromatic rings. The Morgan fingerprint density at radius 2 is 2.03 bits per heavy atom. The van der Waals surface area contributed by atoms with Gasteiger partial charge in [0.2, 0.25) is 0 Å². The Kier molecular flexibility index (Phi) is 4.70. The van der Waals surface area contributed by atoms with Crippen molar-refractivity contribution in [1.82, 2.24) is 29.0 Å². The van der Waals surface area contributed by atoms with E-state index in [0.29, 0.717) is 23.7 Å². The highest BCUT2D eigenvalue weighted by Crippen LogP contribution is 2.49. The van der Waals surface area contributed by atoms with Gasteiger partial charge in [0.15, 0.2) is 28.1 Å². The lowest BCUT2D eigenvalue weighted by atomic mass is 10.1. The number of alkyl halides is 1. The van der Waals surface area contributed by atoms with Crippen molar-refractivity contribution in [2.24, 2.45) is 0 Å². The van der Waals surface area contributed by atoms with Gasteiger partial charge in [-0.15, -0.1) is 10.2 Å². The molecule has 10 heteroatoms. The van der Waals surface area contributed by atoms with E-state index in [2.05, 4.69) is 35.9 Å². The van der Waals surface area contributed by atoms with Crippen LogP contribution in [0.25, 0.3) is 10.8 Å². The molecule has 0 spiro atoms. The molecule has 2 aliphatic rings. The molecule has 0 unspecified atom stereocenters. The maximum atomic E-state index is 14.3. The highest BCUT2D eigenvalue weighted by atomic mass is 32.1. The van der Waals surface area contributed by atoms with Gasteiger partial charge in [0.25, 0.3) is 0 Å². The van der Waals surface area contributed by atoms with Crippen molar-refractivity contribution in [2.75, 3.05) is 20.8 Å². The summed E-state index contributed by atoms with van der Waals surface area (Å²) in [5.41, 5.74) is -0.245. The molecule has 158 valence electrons. The van der Waals surface area contributed by atoms with Crippen LogP contribution < -0.4 is 9.47 Å². The van der Waals surface area contributed by atoms with E-state index in [9.17, 15) is 4.39 Å². The molecular weight excluding hydrogens is 407 g/mol. The van der Waals surface area contributed by atoms with Gasteiger partial charge < -0.3 is 14.0 Å². The van der Waals surface area contributed by atoms with E-state index in [1.807, 2.05) is 18.2 Å². The first kappa shape index (κ1) is 19.4. The molecule has 2 aromatic heterocycles. The number of hydrogen-bond acceptors (Lipinski definition) is 8. The number of fused-ring (bicyclic) bond motifs is 1. The summed E-state index contributed by atoms with van der Waals surface area (Å²) in [5, 5.41) is 9.42. The van der Waals surface area contributed by atoms with Crippen LogP contribution in [0.3, 0.4) is 0 Å². The second-order valence-corrected chi connectivity index (χ2v) is 8.50. The van der Waals surface area contributed by atoms with E-state index in [1.165, 1.54) is 11.5 Å². The average molecular weight is 431 g/mol. The molecule has 30 heavy (non-hydrogen) atoms. The van der Waals surface area contributed by atoms with Crippen LogP contribution in [0.5, 0.6) is 11.5 Å². The molecule has 1 aliphatic heterocycles. The zero-order chi connectivity index (χ0) is 20.9. The second kappa shape index (κ2) is 7.28. The molecule has 1 fully saturated rings. The van der Waals surface area contributed by atoms with Crippen molar-refractivity contribution in [2.45, 2.75) is 44.6 Å². The fourth-order valence-corrected chi connectivity index (χ4v) is 4.57. The van der Waals surface area contributed by atoms with Crippen LogP contribution in [0, 0.1) is 0 Å². The number of ether oxygens (including phenoxy) is 2. The fourth-order valence-electron chi connectivity index (χ4n) is 3.84. The van der Waals surface area contributed by atoms with Crippen LogP contribution in [0.1, 0.15) is 43.0 Å². The molecular formula is C20H23FN6O2S. The first-order chi connectivity index (χ1) is 14.5. The molecule has 1 aromatic carbocycles. The van der Waals surface area contributed by atoms with Crippen molar-refractivity contribution in [1.29, 1.82) is 0 Å². The summed E-state index contributed by atoms with van der Waals surface area (Å²) in [6.07, 6.45) is 1.00. The van der Waals surface area contributed by atoms with Gasteiger partial charge in [0.1, 0.15) is 11.5 Å². The van der Waals surface area contributed by atoms with Crippen LogP contribution in [0.15, 0.2) is 18.2 Å². The van der Waals surface area contributed by atoms with E-state index < -0.39 is 5.67 Å². The number of rotatable bonds is 6. The minimum Gasteiger partial charge on any atom is -0.497 e. The summed E-state index contributed by atoms with van der Waals surface area (Å²) < 4.78 is 31.4. The number of hydrogen-bond donors (Lipinski definition) is 0. The summed E-state index contributed by atoms with van der Waals surface area (Å²) in [6, 6.07) is 5.94. The van der Waals surface area contributed by atoms with Gasteiger partial charge in [0, 0.05) is 31.3 Å². The number of halogens is 1. The minimum atomic E-state index is -1.33. The summed E-state index contributed by atoms with van der Waals surface area (Å²) in [7, 11) is 3.31. The minimum absolute atomic E-state index is 0.0650. The van der Waals surface area contributed by atoms with E-state index in [0.717, 1.165) is 42.5 Å². The van der Waals surface area contributed by atoms with Gasteiger partial charge in [0.05, 0.1) is 20.3 Å². The smallest absolute Gasteiger partial charge is 0.194 e. The third kappa shape index (κ3) is 3.24. The summed E-state index contributed by atoms with van der Waals surface area (Å²) in [6.45, 7) is 4.40. The molecule has 0 radical (unpaired) electrons. The number of benzene rings is 1. The summed E-state index contributed by atoms with van der Waals surface area (Å²) >= 11 is 1.19. The van der Waals surface area contributed by atoms with Crippen LogP contribution in [-0.4, -0.2) is 49.8 Å². The van der Waals surface area contributed by atoms with Crippen molar-refractivity contribution in [3.63, 3.8) is 0 Å². The van der Waals surface area contributed by atoms with E-state index in [-0.39, 0.29) is 11.9 Å². The third-order valence-corrected chi connectivity index (χ3v) is 6.60. The fraction of sp³-hybridized carbons (Fsp3) is 0.500. The number of nitrogens with zero attached hydrogens (tertiary/aromatic N) is 6. The lowest BCUT2D eigenvalue weighted by Crippen LogP contribution is -2.36. The van der Waals surface area contributed by atoms with Gasteiger partial charge >= 0.3 is 0 Å². The first-order valence-electron chi connectivity index (χ1n) is 9.94. The molecule has 1 aliphatic carbocycles. The topological polar surface area (TPSA) is 78.2 Å². The van der Waals surface area contributed by atoms with Crippen LogP contribution >= 0.6 is 11.5 Å². The molecule has 8 nitrogen and oxygen atoms in total. The Balaban J connectivity index is 1.38. The number of aromatic nitrogens is 5. The molecule has 1 saturated carbocycles. The van der Waals surface area contributed by atoms with E-state index in [1.54, 1.807) is 14.2 Å². The van der Waals surface area contributed by atoms with Crippen molar-refractivity contribution in [3.05, 3.63) is 35.4 Å². The maximum absolute atomic E-state index is 14.3. The summed E-state index contributed by atoms with van der Waals surface area (Å²) in [5.74, 6) is 3.41. The molecule has 0 amide bonds. The lowest BCUT2D eigenvalue weighted by Gasteiger charge is -2.33. The monoisotopic (exact) mass is 430 g/mol. The van der Waals surface area contributed by atoms with Gasteiger partial charge in [-0.1, -0.05) is 6.07 Å². The van der Waals surface area contributed by atoms with Crippen molar-refractivity contribution in [3.8, 4) is 22.3 Å². The van der Waals surface area contributed by atoms with E-state index >= 15 is 0 Å². The lowest BCUT2D eigenvalue weighted by molar-refractivity contribution is 0.155. The molecule has 5 rings (SSSR count). The van der Waals surface area contributed by atoms with Crippen LogP contribution in [0.2, 0.25) is 0 Å². The Morgan fingerprint density at radius 3 is 2.77 bits per heavy atom. The van der Waals surface area contributed by atoms with Crippen molar-refractivity contribution >= 4 is 11.5 Å². The highest BCUT2D eigenvalue weighted by Gasteiger charge is 2.49. The van der Waals surface area contributed by atoms with Gasteiger partial charge in [-0.25, -0.2) is 9.37 Å². The first-order valence-corrected chi connectivity index (χ1v) is 10.7. The zero-order valence-electron chi connectivity index (χ0n) is 17.1. The maximum Gasteiger partial charge on any atom is 0.194 e.